The van der Waals surface area contributed by atoms with E-state index in [2.05, 4.69) is 6.92 Å². The van der Waals surface area contributed by atoms with Crippen LogP contribution >= 0.6 is 0 Å². The summed E-state index contributed by atoms with van der Waals surface area (Å²) in [7, 11) is 0. The van der Waals surface area contributed by atoms with E-state index in [1.165, 1.54) is 12.5 Å². The van der Waals surface area contributed by atoms with E-state index < -0.39 is 23.3 Å². The van der Waals surface area contributed by atoms with Gasteiger partial charge in [0.05, 0.1) is 19.8 Å². The Morgan fingerprint density at radius 2 is 1.23 bits per heavy atom. The summed E-state index contributed by atoms with van der Waals surface area (Å²) in [5.74, 6) is -1.98. The van der Waals surface area contributed by atoms with E-state index in [0.29, 0.717) is 6.42 Å². The number of rotatable bonds is 14. The topological polar surface area (TPSA) is 78.9 Å². The molecule has 0 amide bonds. The first-order valence-electron chi connectivity index (χ1n) is 9.68. The van der Waals surface area contributed by atoms with E-state index in [1.54, 1.807) is 20.8 Å². The summed E-state index contributed by atoms with van der Waals surface area (Å²) in [5, 5.41) is 0. The largest absolute Gasteiger partial charge is 0.465 e. The molecule has 0 fully saturated rings. The SMILES string of the molecule is CCCCCCCCC(C=CC(=O)OCC)(C(=O)OCC)C(=O)OCC. The average molecular weight is 370 g/mol. The van der Waals surface area contributed by atoms with E-state index >= 15 is 0 Å². The Morgan fingerprint density at radius 1 is 0.731 bits per heavy atom. The molecule has 0 N–H and O–H groups in total. The third-order valence-electron chi connectivity index (χ3n) is 3.99. The normalized spacial score (nSPS) is 11.4. The van der Waals surface area contributed by atoms with Crippen LogP contribution < -0.4 is 0 Å². The number of esters is 3. The first-order chi connectivity index (χ1) is 12.5. The van der Waals surface area contributed by atoms with Crippen molar-refractivity contribution >= 4 is 17.9 Å². The quantitative estimate of drug-likeness (QED) is 0.151. The monoisotopic (exact) mass is 370 g/mol. The summed E-state index contributed by atoms with van der Waals surface area (Å²) in [6.45, 7) is 7.68. The van der Waals surface area contributed by atoms with Crippen LogP contribution in [0.1, 0.15) is 72.6 Å². The van der Waals surface area contributed by atoms with Crippen LogP contribution in [-0.2, 0) is 28.6 Å². The highest BCUT2D eigenvalue weighted by molar-refractivity contribution is 6.03. The maximum absolute atomic E-state index is 12.6. The van der Waals surface area contributed by atoms with E-state index in [4.69, 9.17) is 14.2 Å². The van der Waals surface area contributed by atoms with Gasteiger partial charge in [-0.15, -0.1) is 0 Å². The molecule has 0 rings (SSSR count). The van der Waals surface area contributed by atoms with Crippen LogP contribution in [0.15, 0.2) is 12.2 Å². The molecule has 26 heavy (non-hydrogen) atoms. The molecule has 0 spiro atoms. The zero-order valence-corrected chi connectivity index (χ0v) is 16.7. The van der Waals surface area contributed by atoms with Gasteiger partial charge in [0.15, 0.2) is 5.41 Å². The predicted octanol–water partition coefficient (Wildman–Crippen LogP) is 3.97. The van der Waals surface area contributed by atoms with Crippen molar-refractivity contribution in [1.29, 1.82) is 0 Å². The Bertz CT molecular complexity index is 437. The third kappa shape index (κ3) is 8.50. The number of hydrogen-bond donors (Lipinski definition) is 0. The predicted molar refractivity (Wildman–Crippen MR) is 99.5 cm³/mol. The second-order valence-electron chi connectivity index (χ2n) is 6.02. The molecule has 0 saturated carbocycles. The minimum Gasteiger partial charge on any atom is -0.465 e. The van der Waals surface area contributed by atoms with Gasteiger partial charge in [-0.25, -0.2) is 4.79 Å². The van der Waals surface area contributed by atoms with Crippen LogP contribution in [0, 0.1) is 5.41 Å². The maximum Gasteiger partial charge on any atom is 0.330 e. The molecule has 6 heteroatoms. The standard InChI is InChI=1S/C20H34O6/c1-5-9-10-11-12-13-15-20(18(22)25-7-3,19(23)26-8-4)16-14-17(21)24-6-2/h14,16H,5-13,15H2,1-4H3. The van der Waals surface area contributed by atoms with Gasteiger partial charge in [-0.05, 0) is 33.3 Å². The van der Waals surface area contributed by atoms with Gasteiger partial charge < -0.3 is 14.2 Å². The summed E-state index contributed by atoms with van der Waals surface area (Å²) in [5.41, 5.74) is -1.61. The molecule has 0 atom stereocenters. The van der Waals surface area contributed by atoms with Crippen molar-refractivity contribution < 1.29 is 28.6 Å². The Balaban J connectivity index is 5.34. The Labute approximate surface area is 157 Å². The van der Waals surface area contributed by atoms with Gasteiger partial charge in [0.2, 0.25) is 0 Å². The van der Waals surface area contributed by atoms with Crippen molar-refractivity contribution in [2.75, 3.05) is 19.8 Å². The van der Waals surface area contributed by atoms with Crippen molar-refractivity contribution in [3.63, 3.8) is 0 Å². The molecule has 150 valence electrons. The Morgan fingerprint density at radius 3 is 1.73 bits per heavy atom. The first-order valence-corrected chi connectivity index (χ1v) is 9.68. The van der Waals surface area contributed by atoms with Crippen LogP contribution in [-0.4, -0.2) is 37.7 Å². The van der Waals surface area contributed by atoms with Gasteiger partial charge in [0.25, 0.3) is 0 Å². The van der Waals surface area contributed by atoms with E-state index in [9.17, 15) is 14.4 Å². The molecule has 0 aliphatic carbocycles. The molecule has 0 bridgehead atoms. The molecule has 0 aliphatic rings. The molecular weight excluding hydrogens is 336 g/mol. The summed E-state index contributed by atoms with van der Waals surface area (Å²) in [6.07, 6.45) is 8.69. The van der Waals surface area contributed by atoms with Crippen LogP contribution in [0.5, 0.6) is 0 Å². The van der Waals surface area contributed by atoms with Crippen molar-refractivity contribution in [2.45, 2.75) is 72.6 Å². The van der Waals surface area contributed by atoms with Gasteiger partial charge >= 0.3 is 17.9 Å². The Kier molecular flexibility index (Phi) is 13.3. The molecule has 0 unspecified atom stereocenters. The molecule has 0 aromatic carbocycles. The summed E-state index contributed by atoms with van der Waals surface area (Å²) >= 11 is 0. The number of hydrogen-bond acceptors (Lipinski definition) is 6. The van der Waals surface area contributed by atoms with Gasteiger partial charge in [-0.3, -0.25) is 9.59 Å². The minimum absolute atomic E-state index is 0.143. The number of carbonyl (C=O) groups excluding carboxylic acids is 3. The smallest absolute Gasteiger partial charge is 0.330 e. The van der Waals surface area contributed by atoms with Gasteiger partial charge in [0, 0.05) is 6.08 Å². The average Bonchev–Trinajstić information content (AvgIpc) is 2.61. The second kappa shape index (κ2) is 14.3. The molecule has 0 heterocycles. The van der Waals surface area contributed by atoms with Gasteiger partial charge in [-0.2, -0.15) is 0 Å². The van der Waals surface area contributed by atoms with Crippen LogP contribution in [0.4, 0.5) is 0 Å². The van der Waals surface area contributed by atoms with Crippen molar-refractivity contribution in [3.05, 3.63) is 12.2 Å². The molecule has 0 aliphatic heterocycles. The number of carbonyl (C=O) groups is 3. The lowest BCUT2D eigenvalue weighted by molar-refractivity contribution is -0.168. The zero-order valence-electron chi connectivity index (χ0n) is 16.7. The van der Waals surface area contributed by atoms with E-state index in [-0.39, 0.29) is 26.2 Å². The van der Waals surface area contributed by atoms with E-state index in [1.807, 2.05) is 0 Å². The molecule has 6 nitrogen and oxygen atoms in total. The summed E-state index contributed by atoms with van der Waals surface area (Å²) in [6, 6.07) is 0. The number of unbranched alkanes of at least 4 members (excludes halogenated alkanes) is 5. The lowest BCUT2D eigenvalue weighted by Gasteiger charge is -2.26. The fraction of sp³-hybridized carbons (Fsp3) is 0.750. The maximum atomic E-state index is 12.6. The van der Waals surface area contributed by atoms with Gasteiger partial charge in [-0.1, -0.05) is 45.4 Å². The highest BCUT2D eigenvalue weighted by Crippen LogP contribution is 2.31. The lowest BCUT2D eigenvalue weighted by Crippen LogP contribution is -2.41. The van der Waals surface area contributed by atoms with Crippen molar-refractivity contribution in [1.82, 2.24) is 0 Å². The second-order valence-corrected chi connectivity index (χ2v) is 6.02. The molecule has 0 aromatic heterocycles. The Hall–Kier alpha value is -1.85. The fourth-order valence-corrected chi connectivity index (χ4v) is 2.61. The zero-order chi connectivity index (χ0) is 19.8. The van der Waals surface area contributed by atoms with E-state index in [0.717, 1.165) is 31.8 Å². The summed E-state index contributed by atoms with van der Waals surface area (Å²) in [4.78, 5) is 36.9. The molecule has 0 saturated heterocycles. The summed E-state index contributed by atoms with van der Waals surface area (Å²) < 4.78 is 15.1. The lowest BCUT2D eigenvalue weighted by atomic mass is 9.81. The molecule has 0 radical (unpaired) electrons. The molecular formula is C20H34O6. The van der Waals surface area contributed by atoms with Crippen molar-refractivity contribution in [3.8, 4) is 0 Å². The van der Waals surface area contributed by atoms with Crippen LogP contribution in [0.3, 0.4) is 0 Å². The third-order valence-corrected chi connectivity index (χ3v) is 3.99. The van der Waals surface area contributed by atoms with Crippen molar-refractivity contribution in [2.24, 2.45) is 5.41 Å². The minimum atomic E-state index is -1.61. The first kappa shape index (κ1) is 24.1. The fourth-order valence-electron chi connectivity index (χ4n) is 2.61. The van der Waals surface area contributed by atoms with Crippen LogP contribution in [0.2, 0.25) is 0 Å². The van der Waals surface area contributed by atoms with Gasteiger partial charge in [0.1, 0.15) is 0 Å². The number of ether oxygens (including phenoxy) is 3. The highest BCUT2D eigenvalue weighted by atomic mass is 16.6. The molecule has 0 aromatic rings. The highest BCUT2D eigenvalue weighted by Gasteiger charge is 2.46. The van der Waals surface area contributed by atoms with Crippen LogP contribution in [0.25, 0.3) is 0 Å².